The van der Waals surface area contributed by atoms with Crippen LogP contribution in [-0.2, 0) is 24.5 Å². The molecule has 0 amide bonds. The monoisotopic (exact) mass is 602 g/mol. The fourth-order valence-corrected chi connectivity index (χ4v) is 6.52. The average Bonchev–Trinajstić information content (AvgIpc) is 3.09. The zero-order valence-electron chi connectivity index (χ0n) is 25.6. The van der Waals surface area contributed by atoms with Crippen LogP contribution in [0.5, 0.6) is 11.5 Å². The zero-order valence-corrected chi connectivity index (χ0v) is 25.6. The first-order chi connectivity index (χ1) is 21.7. The molecule has 3 aliphatic heterocycles. The summed E-state index contributed by atoms with van der Waals surface area (Å²) in [4.78, 5) is 0. The van der Waals surface area contributed by atoms with Crippen LogP contribution in [0.1, 0.15) is 86.8 Å². The number of hydrogen-bond acceptors (Lipinski definition) is 7. The highest BCUT2D eigenvalue weighted by atomic mass is 16.7. The fourth-order valence-electron chi connectivity index (χ4n) is 6.52. The Kier molecular flexibility index (Phi) is 10.8. The molecule has 3 aliphatic rings. The lowest BCUT2D eigenvalue weighted by atomic mass is 9.71. The molecule has 1 N–H and O–H groups in total. The first kappa shape index (κ1) is 31.1. The Morgan fingerprint density at radius 1 is 0.614 bits per heavy atom. The molecule has 0 saturated carbocycles. The number of aliphatic hydroxyl groups is 1. The van der Waals surface area contributed by atoms with Gasteiger partial charge in [-0.2, -0.15) is 0 Å². The molecule has 6 rings (SSSR count). The third-order valence-corrected chi connectivity index (χ3v) is 8.95. The molecule has 0 bridgehead atoms. The highest BCUT2D eigenvalue weighted by Gasteiger charge is 2.41. The molecule has 0 radical (unpaired) electrons. The standard InChI is InChI=1S/C37H46O7/c38-37(29-10-2-1-3-11-29,30-17-21-32(22-18-30)44-36-14-6-9-26-41-36)33(23-27-42-34-12-4-7-24-39-34)28-15-19-31(20-16-28)43-35-13-5-8-25-40-35/h1-3,10-11,15-22,33-36,38H,4-9,12-14,23-27H2. The summed E-state index contributed by atoms with van der Waals surface area (Å²) in [6, 6.07) is 25.8. The Hall–Kier alpha value is -2.94. The van der Waals surface area contributed by atoms with Gasteiger partial charge in [-0.25, -0.2) is 0 Å². The van der Waals surface area contributed by atoms with Crippen LogP contribution >= 0.6 is 0 Å². The van der Waals surface area contributed by atoms with Crippen molar-refractivity contribution in [2.24, 2.45) is 0 Å². The normalized spacial score (nSPS) is 24.6. The van der Waals surface area contributed by atoms with Gasteiger partial charge < -0.3 is 33.5 Å². The van der Waals surface area contributed by atoms with Crippen molar-refractivity contribution in [2.75, 3.05) is 26.4 Å². The molecule has 3 saturated heterocycles. The summed E-state index contributed by atoms with van der Waals surface area (Å²) in [7, 11) is 0. The summed E-state index contributed by atoms with van der Waals surface area (Å²) in [6.45, 7) is 2.65. The Balaban J connectivity index is 1.29. The van der Waals surface area contributed by atoms with E-state index >= 15 is 0 Å². The Morgan fingerprint density at radius 2 is 1.11 bits per heavy atom. The van der Waals surface area contributed by atoms with Gasteiger partial charge in [0.25, 0.3) is 0 Å². The van der Waals surface area contributed by atoms with E-state index in [2.05, 4.69) is 12.1 Å². The van der Waals surface area contributed by atoms with Gasteiger partial charge in [0.1, 0.15) is 17.1 Å². The summed E-state index contributed by atoms with van der Waals surface area (Å²) < 4.78 is 35.9. The van der Waals surface area contributed by atoms with Crippen molar-refractivity contribution in [3.8, 4) is 11.5 Å². The number of ether oxygens (including phenoxy) is 6. The van der Waals surface area contributed by atoms with Crippen molar-refractivity contribution in [1.29, 1.82) is 0 Å². The number of hydrogen-bond donors (Lipinski definition) is 1. The van der Waals surface area contributed by atoms with Crippen LogP contribution in [0.4, 0.5) is 0 Å². The van der Waals surface area contributed by atoms with Gasteiger partial charge in [0.2, 0.25) is 0 Å². The largest absolute Gasteiger partial charge is 0.465 e. The average molecular weight is 603 g/mol. The van der Waals surface area contributed by atoms with E-state index in [1.165, 1.54) is 0 Å². The Morgan fingerprint density at radius 3 is 1.64 bits per heavy atom. The highest BCUT2D eigenvalue weighted by Crippen LogP contribution is 2.45. The molecule has 0 aliphatic carbocycles. The molecule has 3 aromatic carbocycles. The molecule has 5 unspecified atom stereocenters. The van der Waals surface area contributed by atoms with E-state index in [0.717, 1.165) is 106 Å². The summed E-state index contributed by atoms with van der Waals surface area (Å²) >= 11 is 0. The SMILES string of the molecule is OC(c1ccccc1)(c1ccc(OC2CCCCO2)cc1)C(CCOC1CCCCO1)c1ccc(OC2CCCCO2)cc1. The molecule has 3 aromatic rings. The maximum Gasteiger partial charge on any atom is 0.199 e. The van der Waals surface area contributed by atoms with Gasteiger partial charge in [-0.15, -0.1) is 0 Å². The number of benzene rings is 3. The Bertz CT molecular complexity index is 1250. The van der Waals surface area contributed by atoms with Gasteiger partial charge in [-0.1, -0.05) is 54.6 Å². The highest BCUT2D eigenvalue weighted by molar-refractivity contribution is 5.44. The minimum atomic E-state index is -1.34. The van der Waals surface area contributed by atoms with E-state index in [1.54, 1.807) is 0 Å². The topological polar surface area (TPSA) is 75.6 Å². The van der Waals surface area contributed by atoms with E-state index in [0.29, 0.717) is 13.0 Å². The van der Waals surface area contributed by atoms with Crippen LogP contribution in [0.3, 0.4) is 0 Å². The van der Waals surface area contributed by atoms with Crippen LogP contribution in [0, 0.1) is 0 Å². The van der Waals surface area contributed by atoms with Crippen molar-refractivity contribution >= 4 is 0 Å². The molecular weight excluding hydrogens is 556 g/mol. The zero-order chi connectivity index (χ0) is 30.0. The molecule has 3 fully saturated rings. The fraction of sp³-hybridized carbons (Fsp3) is 0.514. The van der Waals surface area contributed by atoms with Crippen molar-refractivity contribution < 1.29 is 33.5 Å². The van der Waals surface area contributed by atoms with E-state index in [4.69, 9.17) is 28.4 Å². The maximum absolute atomic E-state index is 12.9. The number of rotatable bonds is 12. The molecule has 44 heavy (non-hydrogen) atoms. The summed E-state index contributed by atoms with van der Waals surface area (Å²) in [6.07, 6.45) is 9.17. The van der Waals surface area contributed by atoms with Crippen LogP contribution in [-0.4, -0.2) is 50.4 Å². The predicted molar refractivity (Wildman–Crippen MR) is 168 cm³/mol. The molecule has 0 spiro atoms. The summed E-state index contributed by atoms with van der Waals surface area (Å²) in [5.74, 6) is 1.18. The van der Waals surface area contributed by atoms with Crippen LogP contribution in [0.25, 0.3) is 0 Å². The molecule has 7 nitrogen and oxygen atoms in total. The lowest BCUT2D eigenvalue weighted by Crippen LogP contribution is -2.36. The van der Waals surface area contributed by atoms with E-state index in [9.17, 15) is 5.11 Å². The molecule has 0 aromatic heterocycles. The molecule has 3 heterocycles. The van der Waals surface area contributed by atoms with Gasteiger partial charge in [-0.3, -0.25) is 0 Å². The van der Waals surface area contributed by atoms with Crippen molar-refractivity contribution in [3.63, 3.8) is 0 Å². The van der Waals surface area contributed by atoms with Gasteiger partial charge in [0.15, 0.2) is 18.9 Å². The quantitative estimate of drug-likeness (QED) is 0.231. The summed E-state index contributed by atoms with van der Waals surface area (Å²) in [5, 5.41) is 12.9. The third kappa shape index (κ3) is 7.82. The van der Waals surface area contributed by atoms with E-state index in [1.807, 2.05) is 66.7 Å². The lowest BCUT2D eigenvalue weighted by Gasteiger charge is -2.38. The third-order valence-electron chi connectivity index (χ3n) is 8.95. The molecular formula is C37H46O7. The lowest BCUT2D eigenvalue weighted by molar-refractivity contribution is -0.165. The minimum absolute atomic E-state index is 0.195. The van der Waals surface area contributed by atoms with Crippen molar-refractivity contribution in [1.82, 2.24) is 0 Å². The molecule has 5 atom stereocenters. The van der Waals surface area contributed by atoms with Gasteiger partial charge in [0.05, 0.1) is 19.8 Å². The van der Waals surface area contributed by atoms with Gasteiger partial charge in [0, 0.05) is 25.4 Å². The van der Waals surface area contributed by atoms with Crippen LogP contribution in [0.15, 0.2) is 78.9 Å². The van der Waals surface area contributed by atoms with Crippen LogP contribution < -0.4 is 9.47 Å². The van der Waals surface area contributed by atoms with E-state index < -0.39 is 5.60 Å². The van der Waals surface area contributed by atoms with Gasteiger partial charge in [-0.05, 0) is 92.3 Å². The maximum atomic E-state index is 12.9. The second kappa shape index (κ2) is 15.4. The molecule has 236 valence electrons. The Labute approximate surface area is 261 Å². The molecule has 7 heteroatoms. The van der Waals surface area contributed by atoms with Crippen molar-refractivity contribution in [3.05, 3.63) is 95.6 Å². The van der Waals surface area contributed by atoms with Crippen molar-refractivity contribution in [2.45, 2.75) is 94.6 Å². The second-order valence-electron chi connectivity index (χ2n) is 12.1. The minimum Gasteiger partial charge on any atom is -0.465 e. The summed E-state index contributed by atoms with van der Waals surface area (Å²) in [5.41, 5.74) is 1.26. The first-order valence-electron chi connectivity index (χ1n) is 16.5. The smallest absolute Gasteiger partial charge is 0.199 e. The first-order valence-corrected chi connectivity index (χ1v) is 16.5. The van der Waals surface area contributed by atoms with Crippen LogP contribution in [0.2, 0.25) is 0 Å². The van der Waals surface area contributed by atoms with E-state index in [-0.39, 0.29) is 24.8 Å². The predicted octanol–water partition coefficient (Wildman–Crippen LogP) is 7.45. The van der Waals surface area contributed by atoms with Gasteiger partial charge >= 0.3 is 0 Å². The second-order valence-corrected chi connectivity index (χ2v) is 12.1.